The first-order valence-electron chi connectivity index (χ1n) is 9.97. The lowest BCUT2D eigenvalue weighted by molar-refractivity contribution is -0.113. The van der Waals surface area contributed by atoms with E-state index in [4.69, 9.17) is 4.74 Å². The van der Waals surface area contributed by atoms with Gasteiger partial charge in [-0.25, -0.2) is 9.37 Å². The fourth-order valence-electron chi connectivity index (χ4n) is 3.58. The van der Waals surface area contributed by atoms with Gasteiger partial charge in [-0.15, -0.1) is 0 Å². The number of ketones is 1. The molecule has 154 valence electrons. The molecule has 0 radical (unpaired) electrons. The standard InChI is InChI=1S/C23H28FN3O2/c1-5-22(28)19(21-7-6-8-23(26-21)29-4)13-18-15(2)11-17(12-20(18)24)27-10-9-25-16(3)14-27/h6-8,11-13,16,25H,5,9-10,14H2,1-4H3/b19-13-/t16-/m0/s1. The average molecular weight is 397 g/mol. The van der Waals surface area contributed by atoms with E-state index >= 15 is 4.39 Å². The smallest absolute Gasteiger partial charge is 0.213 e. The van der Waals surface area contributed by atoms with Crippen molar-refractivity contribution in [2.75, 3.05) is 31.6 Å². The predicted molar refractivity (Wildman–Crippen MR) is 115 cm³/mol. The summed E-state index contributed by atoms with van der Waals surface area (Å²) in [6.45, 7) is 8.33. The number of aromatic nitrogens is 1. The van der Waals surface area contributed by atoms with Crippen LogP contribution in [-0.2, 0) is 4.79 Å². The normalized spacial score (nSPS) is 17.3. The third kappa shape index (κ3) is 4.82. The zero-order valence-electron chi connectivity index (χ0n) is 17.5. The number of methoxy groups -OCH3 is 1. The largest absolute Gasteiger partial charge is 0.481 e. The Bertz CT molecular complexity index is 903. The van der Waals surface area contributed by atoms with Gasteiger partial charge in [-0.05, 0) is 43.7 Å². The highest BCUT2D eigenvalue weighted by molar-refractivity contribution is 6.24. The number of benzene rings is 1. The number of ether oxygens (including phenoxy) is 1. The van der Waals surface area contributed by atoms with Crippen molar-refractivity contribution >= 4 is 23.1 Å². The van der Waals surface area contributed by atoms with Crippen LogP contribution in [0.25, 0.3) is 11.6 Å². The number of piperazine rings is 1. The Balaban J connectivity index is 2.02. The van der Waals surface area contributed by atoms with E-state index in [0.29, 0.717) is 35.2 Å². The third-order valence-corrected chi connectivity index (χ3v) is 5.17. The highest BCUT2D eigenvalue weighted by Gasteiger charge is 2.19. The van der Waals surface area contributed by atoms with Crippen LogP contribution in [0.4, 0.5) is 10.1 Å². The fraction of sp³-hybridized carbons (Fsp3) is 0.391. The molecule has 1 fully saturated rings. The van der Waals surface area contributed by atoms with Crippen LogP contribution in [-0.4, -0.2) is 43.6 Å². The number of hydrogen-bond donors (Lipinski definition) is 1. The zero-order chi connectivity index (χ0) is 21.0. The van der Waals surface area contributed by atoms with Gasteiger partial charge in [0.05, 0.1) is 12.8 Å². The lowest BCUT2D eigenvalue weighted by atomic mass is 9.98. The van der Waals surface area contributed by atoms with Gasteiger partial charge in [0.1, 0.15) is 5.82 Å². The summed E-state index contributed by atoms with van der Waals surface area (Å²) in [6, 6.07) is 9.14. The van der Waals surface area contributed by atoms with Gasteiger partial charge in [0.2, 0.25) is 5.88 Å². The summed E-state index contributed by atoms with van der Waals surface area (Å²) in [5, 5.41) is 3.40. The second-order valence-corrected chi connectivity index (χ2v) is 7.36. The van der Waals surface area contributed by atoms with E-state index < -0.39 is 0 Å². The Morgan fingerprint density at radius 3 is 2.86 bits per heavy atom. The monoisotopic (exact) mass is 397 g/mol. The van der Waals surface area contributed by atoms with Gasteiger partial charge >= 0.3 is 0 Å². The van der Waals surface area contributed by atoms with Gasteiger partial charge in [0, 0.05) is 55.0 Å². The van der Waals surface area contributed by atoms with Crippen molar-refractivity contribution in [3.63, 3.8) is 0 Å². The van der Waals surface area contributed by atoms with E-state index in [1.54, 1.807) is 37.3 Å². The van der Waals surface area contributed by atoms with Crippen LogP contribution < -0.4 is 15.0 Å². The van der Waals surface area contributed by atoms with Gasteiger partial charge in [-0.2, -0.15) is 0 Å². The number of pyridine rings is 1. The molecule has 2 aromatic rings. The second-order valence-electron chi connectivity index (χ2n) is 7.36. The lowest BCUT2D eigenvalue weighted by Gasteiger charge is -2.34. The maximum Gasteiger partial charge on any atom is 0.213 e. The molecular formula is C23H28FN3O2. The number of nitrogens with one attached hydrogen (secondary N) is 1. The minimum atomic E-state index is -0.338. The van der Waals surface area contributed by atoms with Crippen molar-refractivity contribution in [2.45, 2.75) is 33.2 Å². The number of carbonyl (C=O) groups is 1. The van der Waals surface area contributed by atoms with Crippen molar-refractivity contribution < 1.29 is 13.9 Å². The number of nitrogens with zero attached hydrogens (tertiary/aromatic N) is 2. The highest BCUT2D eigenvalue weighted by atomic mass is 19.1. The molecule has 1 N–H and O–H groups in total. The van der Waals surface area contributed by atoms with Gasteiger partial charge in [-0.3, -0.25) is 4.79 Å². The van der Waals surface area contributed by atoms with Crippen LogP contribution in [0.5, 0.6) is 5.88 Å². The van der Waals surface area contributed by atoms with E-state index in [2.05, 4.69) is 22.1 Å². The molecular weight excluding hydrogens is 369 g/mol. The molecule has 1 aliphatic rings. The van der Waals surface area contributed by atoms with Gasteiger partial charge in [0.15, 0.2) is 5.78 Å². The third-order valence-electron chi connectivity index (χ3n) is 5.17. The summed E-state index contributed by atoms with van der Waals surface area (Å²) in [4.78, 5) is 19.2. The summed E-state index contributed by atoms with van der Waals surface area (Å²) < 4.78 is 20.3. The molecule has 0 unspecified atom stereocenters. The number of rotatable bonds is 6. The first-order chi connectivity index (χ1) is 13.9. The van der Waals surface area contributed by atoms with Crippen LogP contribution >= 0.6 is 0 Å². The van der Waals surface area contributed by atoms with Crippen LogP contribution in [0, 0.1) is 12.7 Å². The number of Topliss-reactive ketones (excluding diaryl/α,β-unsaturated/α-hetero) is 1. The lowest BCUT2D eigenvalue weighted by Crippen LogP contribution is -2.49. The van der Waals surface area contributed by atoms with Crippen molar-refractivity contribution in [2.24, 2.45) is 0 Å². The van der Waals surface area contributed by atoms with E-state index in [-0.39, 0.29) is 11.6 Å². The molecule has 0 amide bonds. The molecule has 0 aliphatic carbocycles. The van der Waals surface area contributed by atoms with Crippen LogP contribution in [0.15, 0.2) is 30.3 Å². The summed E-state index contributed by atoms with van der Waals surface area (Å²) in [7, 11) is 1.52. The Labute approximate surface area is 171 Å². The Morgan fingerprint density at radius 2 is 2.21 bits per heavy atom. The van der Waals surface area contributed by atoms with Crippen LogP contribution in [0.2, 0.25) is 0 Å². The van der Waals surface area contributed by atoms with Crippen molar-refractivity contribution in [3.8, 4) is 5.88 Å². The quantitative estimate of drug-likeness (QED) is 0.751. The average Bonchev–Trinajstić information content (AvgIpc) is 2.72. The number of halogens is 1. The van der Waals surface area contributed by atoms with Gasteiger partial charge < -0.3 is 15.0 Å². The van der Waals surface area contributed by atoms with Gasteiger partial charge in [0.25, 0.3) is 0 Å². The molecule has 1 aliphatic heterocycles. The molecule has 29 heavy (non-hydrogen) atoms. The van der Waals surface area contributed by atoms with E-state index in [0.717, 1.165) is 30.9 Å². The number of aryl methyl sites for hydroxylation is 1. The van der Waals surface area contributed by atoms with E-state index in [9.17, 15) is 4.79 Å². The van der Waals surface area contributed by atoms with Crippen LogP contribution in [0.3, 0.4) is 0 Å². The maximum atomic E-state index is 15.1. The van der Waals surface area contributed by atoms with E-state index in [1.807, 2.05) is 13.0 Å². The Morgan fingerprint density at radius 1 is 1.41 bits per heavy atom. The second kappa shape index (κ2) is 9.18. The molecule has 2 heterocycles. The summed E-state index contributed by atoms with van der Waals surface area (Å²) in [5.74, 6) is -0.0160. The summed E-state index contributed by atoms with van der Waals surface area (Å²) in [6.07, 6.45) is 1.92. The molecule has 6 heteroatoms. The number of anilines is 1. The molecule has 0 bridgehead atoms. The number of hydrogen-bond acceptors (Lipinski definition) is 5. The minimum Gasteiger partial charge on any atom is -0.481 e. The van der Waals surface area contributed by atoms with Gasteiger partial charge in [-0.1, -0.05) is 13.0 Å². The number of allylic oxidation sites excluding steroid dienone is 1. The Kier molecular flexibility index (Phi) is 6.64. The molecule has 0 spiro atoms. The predicted octanol–water partition coefficient (Wildman–Crippen LogP) is 3.86. The molecule has 1 aromatic carbocycles. The molecule has 0 saturated carbocycles. The van der Waals surface area contributed by atoms with Crippen molar-refractivity contribution in [1.29, 1.82) is 0 Å². The first-order valence-corrected chi connectivity index (χ1v) is 9.97. The zero-order valence-corrected chi connectivity index (χ0v) is 17.5. The highest BCUT2D eigenvalue weighted by Crippen LogP contribution is 2.28. The minimum absolute atomic E-state index is 0.0930. The molecule has 1 atom stereocenters. The molecule has 3 rings (SSSR count). The molecule has 1 aromatic heterocycles. The summed E-state index contributed by atoms with van der Waals surface area (Å²) >= 11 is 0. The summed E-state index contributed by atoms with van der Waals surface area (Å²) in [5.41, 5.74) is 2.94. The number of carbonyl (C=O) groups excluding carboxylic acids is 1. The van der Waals surface area contributed by atoms with Crippen molar-refractivity contribution in [3.05, 3.63) is 53.0 Å². The molecule has 1 saturated heterocycles. The maximum absolute atomic E-state index is 15.1. The Hall–Kier alpha value is -2.73. The van der Waals surface area contributed by atoms with Crippen molar-refractivity contribution in [1.82, 2.24) is 10.3 Å². The topological polar surface area (TPSA) is 54.5 Å². The van der Waals surface area contributed by atoms with E-state index in [1.165, 1.54) is 7.11 Å². The molecule has 5 nitrogen and oxygen atoms in total. The first kappa shape index (κ1) is 21.0. The fourth-order valence-corrected chi connectivity index (χ4v) is 3.58. The van der Waals surface area contributed by atoms with Crippen LogP contribution in [0.1, 0.15) is 37.1 Å². The SMILES string of the molecule is CCC(=O)/C(=C\c1c(C)cc(N2CCN[C@@H](C)C2)cc1F)c1cccc(OC)n1.